The van der Waals surface area contributed by atoms with E-state index in [-0.39, 0.29) is 12.2 Å². The van der Waals surface area contributed by atoms with Gasteiger partial charge in [-0.25, -0.2) is 0 Å². The fraction of sp³-hybridized carbons (Fsp3) is 0.639. The summed E-state index contributed by atoms with van der Waals surface area (Å²) < 4.78 is 0. The molecule has 0 bridgehead atoms. The number of carbonyl (C=O) groups is 1. The Hall–Kier alpha value is -1.53. The highest BCUT2D eigenvalue weighted by Gasteiger charge is 2.35. The first-order valence-corrected chi connectivity index (χ1v) is 18.4. The van der Waals surface area contributed by atoms with Crippen LogP contribution in [0.2, 0.25) is 5.02 Å². The third-order valence-corrected chi connectivity index (χ3v) is 10.3. The van der Waals surface area contributed by atoms with E-state index in [0.717, 1.165) is 43.5 Å². The SMILES string of the molecule is CCCCCCCCCCCCCCCC(N1CCN(C(c2ccccc2)c2ccc(Cl)cc2)CC1)N1CSCC1=O. The molecule has 2 fully saturated rings. The van der Waals surface area contributed by atoms with Gasteiger partial charge in [0.2, 0.25) is 5.91 Å². The Labute approximate surface area is 265 Å². The van der Waals surface area contributed by atoms with Crippen molar-refractivity contribution in [3.63, 3.8) is 0 Å². The fourth-order valence-corrected chi connectivity index (χ4v) is 7.78. The molecule has 2 aromatic rings. The lowest BCUT2D eigenvalue weighted by Crippen LogP contribution is -2.56. The monoisotopic (exact) mass is 611 g/mol. The number of hydrogen-bond acceptors (Lipinski definition) is 4. The lowest BCUT2D eigenvalue weighted by atomic mass is 9.96. The van der Waals surface area contributed by atoms with Crippen molar-refractivity contribution in [1.29, 1.82) is 0 Å². The maximum absolute atomic E-state index is 12.8. The molecule has 2 aromatic carbocycles. The molecule has 2 aliphatic heterocycles. The van der Waals surface area contributed by atoms with Crippen LogP contribution < -0.4 is 0 Å². The Morgan fingerprint density at radius 3 is 1.76 bits per heavy atom. The first kappa shape index (κ1) is 33.4. The molecule has 6 heteroatoms. The fourth-order valence-electron chi connectivity index (χ4n) is 6.71. The Kier molecular flexibility index (Phi) is 15.1. The van der Waals surface area contributed by atoms with Crippen molar-refractivity contribution in [2.45, 2.75) is 109 Å². The predicted octanol–water partition coefficient (Wildman–Crippen LogP) is 9.39. The average molecular weight is 612 g/mol. The molecule has 0 aliphatic carbocycles. The number of benzene rings is 2. The van der Waals surface area contributed by atoms with Crippen LogP contribution in [-0.4, -0.2) is 64.6 Å². The zero-order chi connectivity index (χ0) is 29.4. The zero-order valence-electron chi connectivity index (χ0n) is 26.0. The third kappa shape index (κ3) is 10.6. The smallest absolute Gasteiger partial charge is 0.234 e. The quantitative estimate of drug-likeness (QED) is 0.148. The molecule has 42 heavy (non-hydrogen) atoms. The molecule has 2 saturated heterocycles. The number of nitrogens with zero attached hydrogens (tertiary/aromatic N) is 3. The van der Waals surface area contributed by atoms with E-state index in [2.05, 4.69) is 64.1 Å². The number of rotatable bonds is 19. The van der Waals surface area contributed by atoms with Crippen LogP contribution >= 0.6 is 23.4 Å². The minimum Gasteiger partial charge on any atom is -0.317 e. The highest BCUT2D eigenvalue weighted by molar-refractivity contribution is 8.00. The Balaban J connectivity index is 1.23. The molecule has 2 atom stereocenters. The van der Waals surface area contributed by atoms with Crippen LogP contribution in [0.4, 0.5) is 0 Å². The van der Waals surface area contributed by atoms with Gasteiger partial charge in [0.15, 0.2) is 0 Å². The van der Waals surface area contributed by atoms with E-state index in [1.54, 1.807) is 11.8 Å². The molecule has 232 valence electrons. The normalized spacial score (nSPS) is 18.0. The second-order valence-electron chi connectivity index (χ2n) is 12.3. The summed E-state index contributed by atoms with van der Waals surface area (Å²) in [6.07, 6.45) is 19.2. The van der Waals surface area contributed by atoms with Gasteiger partial charge >= 0.3 is 0 Å². The van der Waals surface area contributed by atoms with Gasteiger partial charge in [0.1, 0.15) is 0 Å². The van der Waals surface area contributed by atoms with Crippen LogP contribution in [0, 0.1) is 0 Å². The third-order valence-electron chi connectivity index (χ3n) is 9.14. The van der Waals surface area contributed by atoms with Crippen LogP contribution in [-0.2, 0) is 4.79 Å². The maximum Gasteiger partial charge on any atom is 0.234 e. The Morgan fingerprint density at radius 2 is 1.21 bits per heavy atom. The first-order chi connectivity index (χ1) is 20.7. The summed E-state index contributed by atoms with van der Waals surface area (Å²) in [5, 5.41) is 0.777. The van der Waals surface area contributed by atoms with Crippen molar-refractivity contribution >= 4 is 29.3 Å². The molecular formula is C36H54ClN3OS. The minimum atomic E-state index is 0.217. The van der Waals surface area contributed by atoms with Gasteiger partial charge in [-0.05, 0) is 29.7 Å². The van der Waals surface area contributed by atoms with E-state index in [1.807, 2.05) is 12.1 Å². The largest absolute Gasteiger partial charge is 0.317 e. The van der Waals surface area contributed by atoms with Crippen LogP contribution in [0.5, 0.6) is 0 Å². The van der Waals surface area contributed by atoms with Crippen molar-refractivity contribution < 1.29 is 4.79 Å². The van der Waals surface area contributed by atoms with Gasteiger partial charge < -0.3 is 4.90 Å². The second-order valence-corrected chi connectivity index (χ2v) is 13.7. The molecule has 0 radical (unpaired) electrons. The molecule has 0 N–H and O–H groups in total. The molecule has 0 aromatic heterocycles. The molecule has 2 aliphatic rings. The van der Waals surface area contributed by atoms with Crippen molar-refractivity contribution in [3.05, 3.63) is 70.7 Å². The topological polar surface area (TPSA) is 26.8 Å². The second kappa shape index (κ2) is 19.0. The van der Waals surface area contributed by atoms with E-state index < -0.39 is 0 Å². The lowest BCUT2D eigenvalue weighted by Gasteiger charge is -2.45. The molecular weight excluding hydrogens is 558 g/mol. The van der Waals surface area contributed by atoms with Crippen LogP contribution in [0.3, 0.4) is 0 Å². The summed E-state index contributed by atoms with van der Waals surface area (Å²) in [4.78, 5) is 20.2. The van der Waals surface area contributed by atoms with Gasteiger partial charge in [0.05, 0.1) is 23.8 Å². The molecule has 4 nitrogen and oxygen atoms in total. The van der Waals surface area contributed by atoms with E-state index in [0.29, 0.717) is 11.7 Å². The van der Waals surface area contributed by atoms with Crippen LogP contribution in [0.25, 0.3) is 0 Å². The van der Waals surface area contributed by atoms with Crippen molar-refractivity contribution in [2.75, 3.05) is 37.8 Å². The highest BCUT2D eigenvalue weighted by atomic mass is 35.5. The average Bonchev–Trinajstić information content (AvgIpc) is 3.45. The standard InChI is InChI=1S/C36H54ClN3OS/c1-2-3-4-5-6-7-8-9-10-11-12-13-17-20-34(40-30-42-29-35(40)41)38-25-27-39(28-26-38)36(31-18-15-14-16-19-31)32-21-23-33(37)24-22-32/h14-16,18-19,21-24,34,36H,2-13,17,20,25-30H2,1H3. The molecule has 4 rings (SSSR count). The van der Waals surface area contributed by atoms with Crippen LogP contribution in [0.15, 0.2) is 54.6 Å². The van der Waals surface area contributed by atoms with Crippen LogP contribution in [0.1, 0.15) is 114 Å². The van der Waals surface area contributed by atoms with Crippen molar-refractivity contribution in [2.24, 2.45) is 0 Å². The van der Waals surface area contributed by atoms with E-state index in [9.17, 15) is 4.79 Å². The van der Waals surface area contributed by atoms with E-state index >= 15 is 0 Å². The molecule has 0 spiro atoms. The number of hydrogen-bond donors (Lipinski definition) is 0. The van der Waals surface area contributed by atoms with Gasteiger partial charge in [-0.15, -0.1) is 11.8 Å². The summed E-state index contributed by atoms with van der Waals surface area (Å²) in [5.41, 5.74) is 2.61. The van der Waals surface area contributed by atoms with Gasteiger partial charge in [0.25, 0.3) is 0 Å². The summed E-state index contributed by atoms with van der Waals surface area (Å²) in [6, 6.07) is 19.4. The maximum atomic E-state index is 12.8. The molecule has 0 saturated carbocycles. The lowest BCUT2D eigenvalue weighted by molar-refractivity contribution is -0.133. The zero-order valence-corrected chi connectivity index (χ0v) is 27.6. The molecule has 2 heterocycles. The Bertz CT molecular complexity index is 1010. The van der Waals surface area contributed by atoms with E-state index in [4.69, 9.17) is 11.6 Å². The first-order valence-electron chi connectivity index (χ1n) is 16.8. The number of unbranched alkanes of at least 4 members (excludes halogenated alkanes) is 12. The predicted molar refractivity (Wildman–Crippen MR) is 181 cm³/mol. The number of halogens is 1. The Morgan fingerprint density at radius 1 is 0.690 bits per heavy atom. The number of piperazine rings is 1. The summed E-state index contributed by atoms with van der Waals surface area (Å²) in [5.74, 6) is 1.81. The summed E-state index contributed by atoms with van der Waals surface area (Å²) >= 11 is 8.01. The van der Waals surface area contributed by atoms with Gasteiger partial charge in [-0.3, -0.25) is 14.6 Å². The van der Waals surface area contributed by atoms with Gasteiger partial charge in [-0.1, -0.05) is 144 Å². The number of carbonyl (C=O) groups excluding carboxylic acids is 1. The molecule has 2 unspecified atom stereocenters. The minimum absolute atomic E-state index is 0.217. The number of thioether (sulfide) groups is 1. The summed E-state index contributed by atoms with van der Waals surface area (Å²) in [7, 11) is 0. The van der Waals surface area contributed by atoms with Gasteiger partial charge in [-0.2, -0.15) is 0 Å². The van der Waals surface area contributed by atoms with Crippen molar-refractivity contribution in [3.8, 4) is 0 Å². The summed E-state index contributed by atoms with van der Waals surface area (Å²) in [6.45, 7) is 6.26. The molecule has 1 amide bonds. The number of amides is 1. The van der Waals surface area contributed by atoms with Gasteiger partial charge in [0, 0.05) is 31.2 Å². The van der Waals surface area contributed by atoms with Crippen molar-refractivity contribution in [1.82, 2.24) is 14.7 Å². The van der Waals surface area contributed by atoms with E-state index in [1.165, 1.54) is 94.6 Å². The highest BCUT2D eigenvalue weighted by Crippen LogP contribution is 2.32.